The van der Waals surface area contributed by atoms with Gasteiger partial charge < -0.3 is 9.30 Å². The molecule has 0 unspecified atom stereocenters. The summed E-state index contributed by atoms with van der Waals surface area (Å²) in [4.78, 5) is 16.8. The number of aromatic nitrogens is 2. The predicted octanol–water partition coefficient (Wildman–Crippen LogP) is 4.07. The minimum absolute atomic E-state index is 0.157. The van der Waals surface area contributed by atoms with E-state index >= 15 is 0 Å². The van der Waals surface area contributed by atoms with Gasteiger partial charge in [0.1, 0.15) is 24.7 Å². The lowest BCUT2D eigenvalue weighted by Crippen LogP contribution is -2.23. The molecule has 1 N–H and O–H groups in total. The average molecular weight is 398 g/mol. The van der Waals surface area contributed by atoms with Crippen molar-refractivity contribution >= 4 is 23.2 Å². The summed E-state index contributed by atoms with van der Waals surface area (Å²) in [6, 6.07) is 25.3. The van der Waals surface area contributed by atoms with Gasteiger partial charge in [-0.05, 0) is 42.3 Å². The first-order valence-electron chi connectivity index (χ1n) is 9.69. The molecule has 1 aromatic heterocycles. The van der Waals surface area contributed by atoms with Gasteiger partial charge in [0.25, 0.3) is 5.91 Å². The van der Waals surface area contributed by atoms with Gasteiger partial charge >= 0.3 is 0 Å². The number of amides is 1. The lowest BCUT2D eigenvalue weighted by Gasteiger charge is -2.07. The second-order valence-electron chi connectivity index (χ2n) is 6.87. The summed E-state index contributed by atoms with van der Waals surface area (Å²) in [5, 5.41) is 4.08. The van der Waals surface area contributed by atoms with Crippen molar-refractivity contribution in [2.24, 2.45) is 5.10 Å². The summed E-state index contributed by atoms with van der Waals surface area (Å²) in [6.07, 6.45) is 1.60. The number of fused-ring (bicyclic) bond motifs is 1. The number of hydrazone groups is 1. The monoisotopic (exact) mass is 398 g/mol. The number of carbonyl (C=O) groups excluding carboxylic acids is 1. The molecule has 1 amide bonds. The number of aryl methyl sites for hydroxylation is 1. The van der Waals surface area contributed by atoms with E-state index in [2.05, 4.69) is 15.5 Å². The summed E-state index contributed by atoms with van der Waals surface area (Å²) in [7, 11) is 0. The predicted molar refractivity (Wildman–Crippen MR) is 117 cm³/mol. The third kappa shape index (κ3) is 4.72. The van der Waals surface area contributed by atoms with Crippen LogP contribution < -0.4 is 10.2 Å². The maximum Gasteiger partial charge on any atom is 0.260 e. The van der Waals surface area contributed by atoms with E-state index in [1.165, 1.54) is 0 Å². The topological polar surface area (TPSA) is 68.5 Å². The van der Waals surface area contributed by atoms with E-state index in [1.807, 2.05) is 90.4 Å². The molecule has 0 saturated heterocycles. The number of benzene rings is 3. The molecule has 4 aromatic rings. The Morgan fingerprint density at radius 2 is 1.87 bits per heavy atom. The normalized spacial score (nSPS) is 11.1. The number of hydrogen-bond acceptors (Lipinski definition) is 4. The summed E-state index contributed by atoms with van der Waals surface area (Å²) < 4.78 is 7.70. The van der Waals surface area contributed by atoms with Crippen molar-refractivity contribution in [1.29, 1.82) is 0 Å². The second-order valence-corrected chi connectivity index (χ2v) is 6.87. The van der Waals surface area contributed by atoms with Crippen LogP contribution in [0.3, 0.4) is 0 Å². The molecule has 6 nitrogen and oxygen atoms in total. The molecule has 1 heterocycles. The Labute approximate surface area is 174 Å². The van der Waals surface area contributed by atoms with Crippen LogP contribution in [0.15, 0.2) is 84.0 Å². The van der Waals surface area contributed by atoms with Crippen LogP contribution in [0.25, 0.3) is 11.0 Å². The van der Waals surface area contributed by atoms with E-state index < -0.39 is 0 Å². The van der Waals surface area contributed by atoms with E-state index in [-0.39, 0.29) is 12.5 Å². The lowest BCUT2D eigenvalue weighted by molar-refractivity contribution is -0.121. The summed E-state index contributed by atoms with van der Waals surface area (Å²) in [5.74, 6) is 1.32. The van der Waals surface area contributed by atoms with Crippen molar-refractivity contribution in [2.75, 3.05) is 0 Å². The molecule has 0 aliphatic rings. The van der Waals surface area contributed by atoms with Crippen LogP contribution in [-0.2, 0) is 17.9 Å². The summed E-state index contributed by atoms with van der Waals surface area (Å²) in [6.45, 7) is 2.54. The Morgan fingerprint density at radius 3 is 2.73 bits per heavy atom. The summed E-state index contributed by atoms with van der Waals surface area (Å²) in [5.41, 5.74) is 6.32. The van der Waals surface area contributed by atoms with Crippen molar-refractivity contribution in [2.45, 2.75) is 20.1 Å². The fraction of sp³-hybridized carbons (Fsp3) is 0.125. The number of imidazole rings is 1. The highest BCUT2D eigenvalue weighted by atomic mass is 16.5. The van der Waals surface area contributed by atoms with Crippen LogP contribution in [-0.4, -0.2) is 21.7 Å². The van der Waals surface area contributed by atoms with Gasteiger partial charge in [0.15, 0.2) is 0 Å². The first-order valence-corrected chi connectivity index (χ1v) is 9.69. The zero-order chi connectivity index (χ0) is 20.8. The molecule has 0 atom stereocenters. The van der Waals surface area contributed by atoms with E-state index in [0.29, 0.717) is 6.61 Å². The lowest BCUT2D eigenvalue weighted by atomic mass is 10.2. The maximum absolute atomic E-state index is 12.3. The SMILES string of the molecule is Cc1nc2ccccc2n1CC(=O)N/N=C\c1cccc(OCc2ccccc2)c1. The highest BCUT2D eigenvalue weighted by Gasteiger charge is 2.10. The molecular formula is C24H22N4O2. The standard InChI is InChI=1S/C24H22N4O2/c1-18-26-22-12-5-6-13-23(22)28(18)16-24(29)27-25-15-20-10-7-11-21(14-20)30-17-19-8-3-2-4-9-19/h2-15H,16-17H2,1H3,(H,27,29)/b25-15-. The number of ether oxygens (including phenoxy) is 1. The minimum atomic E-state index is -0.214. The number of hydrogen-bond donors (Lipinski definition) is 1. The van der Waals surface area contributed by atoms with Crippen LogP contribution in [0.4, 0.5) is 0 Å². The molecule has 30 heavy (non-hydrogen) atoms. The van der Waals surface area contributed by atoms with Crippen LogP contribution in [0.2, 0.25) is 0 Å². The van der Waals surface area contributed by atoms with Gasteiger partial charge in [0.2, 0.25) is 0 Å². The van der Waals surface area contributed by atoms with Crippen molar-refractivity contribution < 1.29 is 9.53 Å². The van der Waals surface area contributed by atoms with Crippen LogP contribution in [0, 0.1) is 6.92 Å². The molecule has 0 bridgehead atoms. The smallest absolute Gasteiger partial charge is 0.260 e. The molecule has 0 aliphatic heterocycles. The first-order chi connectivity index (χ1) is 14.7. The number of nitrogens with one attached hydrogen (secondary N) is 1. The van der Waals surface area contributed by atoms with Crippen molar-refractivity contribution in [3.8, 4) is 5.75 Å². The highest BCUT2D eigenvalue weighted by Crippen LogP contribution is 2.16. The number of para-hydroxylation sites is 2. The highest BCUT2D eigenvalue weighted by molar-refractivity contribution is 5.84. The van der Waals surface area contributed by atoms with Gasteiger partial charge in [-0.25, -0.2) is 10.4 Å². The van der Waals surface area contributed by atoms with E-state index in [4.69, 9.17) is 4.74 Å². The molecule has 3 aromatic carbocycles. The third-order valence-electron chi connectivity index (χ3n) is 4.66. The van der Waals surface area contributed by atoms with Crippen molar-refractivity contribution in [1.82, 2.24) is 15.0 Å². The number of nitrogens with zero attached hydrogens (tertiary/aromatic N) is 3. The van der Waals surface area contributed by atoms with E-state index in [0.717, 1.165) is 33.7 Å². The molecule has 6 heteroatoms. The van der Waals surface area contributed by atoms with Crippen LogP contribution in [0.1, 0.15) is 17.0 Å². The summed E-state index contributed by atoms with van der Waals surface area (Å²) >= 11 is 0. The molecule has 0 aliphatic carbocycles. The van der Waals surface area contributed by atoms with Gasteiger partial charge in [-0.1, -0.05) is 54.6 Å². The molecule has 0 fully saturated rings. The minimum Gasteiger partial charge on any atom is -0.489 e. The Balaban J connectivity index is 1.35. The van der Waals surface area contributed by atoms with Gasteiger partial charge in [-0.3, -0.25) is 4.79 Å². The zero-order valence-corrected chi connectivity index (χ0v) is 16.7. The Morgan fingerprint density at radius 1 is 1.07 bits per heavy atom. The van der Waals surface area contributed by atoms with E-state index in [9.17, 15) is 4.79 Å². The first kappa shape index (κ1) is 19.4. The van der Waals surface area contributed by atoms with Crippen molar-refractivity contribution in [3.63, 3.8) is 0 Å². The third-order valence-corrected chi connectivity index (χ3v) is 4.66. The fourth-order valence-electron chi connectivity index (χ4n) is 3.18. The van der Waals surface area contributed by atoms with Crippen molar-refractivity contribution in [3.05, 3.63) is 95.8 Å². The van der Waals surface area contributed by atoms with E-state index in [1.54, 1.807) is 6.21 Å². The molecule has 0 spiro atoms. The number of rotatable bonds is 7. The zero-order valence-electron chi connectivity index (χ0n) is 16.7. The van der Waals surface area contributed by atoms with Crippen LogP contribution in [0.5, 0.6) is 5.75 Å². The molecule has 4 rings (SSSR count). The Hall–Kier alpha value is -3.93. The molecule has 0 radical (unpaired) electrons. The number of carbonyl (C=O) groups is 1. The van der Waals surface area contributed by atoms with Gasteiger partial charge in [-0.2, -0.15) is 5.10 Å². The van der Waals surface area contributed by atoms with Crippen LogP contribution >= 0.6 is 0 Å². The van der Waals surface area contributed by atoms with Gasteiger partial charge in [0, 0.05) is 0 Å². The Kier molecular flexibility index (Phi) is 5.85. The quantitative estimate of drug-likeness (QED) is 0.377. The Bertz CT molecular complexity index is 1180. The maximum atomic E-state index is 12.3. The second kappa shape index (κ2) is 9.05. The largest absolute Gasteiger partial charge is 0.489 e. The molecule has 150 valence electrons. The fourth-order valence-corrected chi connectivity index (χ4v) is 3.18. The average Bonchev–Trinajstić information content (AvgIpc) is 3.08. The molecule has 0 saturated carbocycles. The van der Waals surface area contributed by atoms with Gasteiger partial charge in [-0.15, -0.1) is 0 Å². The molecular weight excluding hydrogens is 376 g/mol. The van der Waals surface area contributed by atoms with Gasteiger partial charge in [0.05, 0.1) is 17.2 Å².